The molecular formula is C20H27N5O. The third-order valence-corrected chi connectivity index (χ3v) is 4.77. The normalized spacial score (nSPS) is 18.0. The number of benzene rings is 1. The molecule has 6 heteroatoms. The number of likely N-dealkylation sites (tertiary alicyclic amines) is 1. The van der Waals surface area contributed by atoms with Crippen molar-refractivity contribution in [2.24, 2.45) is 7.05 Å². The second kappa shape index (κ2) is 8.27. The van der Waals surface area contributed by atoms with E-state index in [-0.39, 0.29) is 11.8 Å². The van der Waals surface area contributed by atoms with E-state index in [1.54, 1.807) is 6.08 Å². The maximum absolute atomic E-state index is 12.6. The Bertz CT molecular complexity index is 766. The number of hydrogen-bond acceptors (Lipinski definition) is 4. The maximum atomic E-state index is 12.6. The van der Waals surface area contributed by atoms with E-state index in [9.17, 15) is 4.79 Å². The molecule has 2 aromatic rings. The molecule has 1 aliphatic heterocycles. The summed E-state index contributed by atoms with van der Waals surface area (Å²) in [6, 6.07) is 9.91. The SMILES string of the molecule is CN(C)Cc1nnc([C@H]2CCCN(C(=O)/C=C/c3ccccc3)C2)n1C. The van der Waals surface area contributed by atoms with Crippen LogP contribution in [0.4, 0.5) is 0 Å². The highest BCUT2D eigenvalue weighted by Crippen LogP contribution is 2.26. The Morgan fingerprint density at radius 2 is 2.04 bits per heavy atom. The quantitative estimate of drug-likeness (QED) is 0.774. The fourth-order valence-corrected chi connectivity index (χ4v) is 3.38. The standard InChI is InChI=1S/C20H27N5O/c1-23(2)15-18-21-22-20(24(18)3)17-10-7-13-25(14-17)19(26)12-11-16-8-5-4-6-9-16/h4-6,8-9,11-12,17H,7,10,13-15H2,1-3H3/b12-11+/t17-/m0/s1. The van der Waals surface area contributed by atoms with Crippen molar-refractivity contribution in [1.82, 2.24) is 24.6 Å². The minimum absolute atomic E-state index is 0.0641. The summed E-state index contributed by atoms with van der Waals surface area (Å²) in [5.74, 6) is 2.24. The highest BCUT2D eigenvalue weighted by Gasteiger charge is 2.27. The minimum Gasteiger partial charge on any atom is -0.338 e. The Hall–Kier alpha value is -2.47. The first-order valence-electron chi connectivity index (χ1n) is 9.09. The van der Waals surface area contributed by atoms with Crippen molar-refractivity contribution in [3.63, 3.8) is 0 Å². The Labute approximate surface area is 155 Å². The van der Waals surface area contributed by atoms with Crippen molar-refractivity contribution in [2.75, 3.05) is 27.2 Å². The predicted molar refractivity (Wildman–Crippen MR) is 102 cm³/mol. The Morgan fingerprint density at radius 3 is 2.77 bits per heavy atom. The van der Waals surface area contributed by atoms with Gasteiger partial charge in [0.2, 0.25) is 5.91 Å². The van der Waals surface area contributed by atoms with Crippen LogP contribution in [0.15, 0.2) is 36.4 Å². The van der Waals surface area contributed by atoms with Crippen LogP contribution in [0, 0.1) is 0 Å². The van der Waals surface area contributed by atoms with E-state index >= 15 is 0 Å². The van der Waals surface area contributed by atoms with Crippen molar-refractivity contribution in [1.29, 1.82) is 0 Å². The zero-order valence-corrected chi connectivity index (χ0v) is 15.8. The van der Waals surface area contributed by atoms with Crippen LogP contribution < -0.4 is 0 Å². The molecule has 1 atom stereocenters. The second-order valence-electron chi connectivity index (χ2n) is 7.14. The molecule has 138 valence electrons. The van der Waals surface area contributed by atoms with Gasteiger partial charge in [-0.05, 0) is 38.6 Å². The summed E-state index contributed by atoms with van der Waals surface area (Å²) >= 11 is 0. The molecule has 1 fully saturated rings. The number of hydrogen-bond donors (Lipinski definition) is 0. The van der Waals surface area contributed by atoms with Crippen LogP contribution >= 0.6 is 0 Å². The van der Waals surface area contributed by atoms with Gasteiger partial charge in [-0.1, -0.05) is 30.3 Å². The van der Waals surface area contributed by atoms with Gasteiger partial charge in [-0.3, -0.25) is 4.79 Å². The van der Waals surface area contributed by atoms with Gasteiger partial charge >= 0.3 is 0 Å². The summed E-state index contributed by atoms with van der Waals surface area (Å²) < 4.78 is 2.08. The van der Waals surface area contributed by atoms with E-state index in [1.807, 2.05) is 62.5 Å². The lowest BCUT2D eigenvalue weighted by Crippen LogP contribution is -2.38. The second-order valence-corrected chi connectivity index (χ2v) is 7.14. The van der Waals surface area contributed by atoms with Crippen LogP contribution in [-0.4, -0.2) is 57.7 Å². The van der Waals surface area contributed by atoms with Gasteiger partial charge in [0.25, 0.3) is 0 Å². The molecule has 0 aliphatic carbocycles. The maximum Gasteiger partial charge on any atom is 0.246 e. The van der Waals surface area contributed by atoms with Crippen LogP contribution in [0.3, 0.4) is 0 Å². The Kier molecular flexibility index (Phi) is 5.83. The number of piperidine rings is 1. The van der Waals surface area contributed by atoms with E-state index in [4.69, 9.17) is 0 Å². The van der Waals surface area contributed by atoms with Crippen LogP contribution in [0.1, 0.15) is 36.0 Å². The number of carbonyl (C=O) groups is 1. The molecule has 0 radical (unpaired) electrons. The van der Waals surface area contributed by atoms with Gasteiger partial charge < -0.3 is 14.4 Å². The van der Waals surface area contributed by atoms with Crippen molar-refractivity contribution in [2.45, 2.75) is 25.3 Å². The summed E-state index contributed by atoms with van der Waals surface area (Å²) in [6.07, 6.45) is 5.58. The van der Waals surface area contributed by atoms with Gasteiger partial charge in [0.15, 0.2) is 0 Å². The molecular weight excluding hydrogens is 326 g/mol. The zero-order valence-electron chi connectivity index (χ0n) is 15.8. The number of amides is 1. The Morgan fingerprint density at radius 1 is 1.27 bits per heavy atom. The lowest BCUT2D eigenvalue weighted by atomic mass is 9.97. The summed E-state index contributed by atoms with van der Waals surface area (Å²) in [7, 11) is 6.06. The molecule has 0 spiro atoms. The van der Waals surface area contributed by atoms with Gasteiger partial charge in [-0.25, -0.2) is 0 Å². The number of rotatable bonds is 5. The van der Waals surface area contributed by atoms with Gasteiger partial charge in [0.1, 0.15) is 11.6 Å². The van der Waals surface area contributed by atoms with Crippen LogP contribution in [0.2, 0.25) is 0 Å². The molecule has 1 aliphatic rings. The van der Waals surface area contributed by atoms with Crippen LogP contribution in [0.5, 0.6) is 0 Å². The van der Waals surface area contributed by atoms with E-state index in [0.717, 1.165) is 43.1 Å². The largest absolute Gasteiger partial charge is 0.338 e. The van der Waals surface area contributed by atoms with E-state index in [1.165, 1.54) is 0 Å². The topological polar surface area (TPSA) is 54.3 Å². The van der Waals surface area contributed by atoms with E-state index in [2.05, 4.69) is 19.7 Å². The fraction of sp³-hybridized carbons (Fsp3) is 0.450. The van der Waals surface area contributed by atoms with Gasteiger partial charge in [-0.15, -0.1) is 10.2 Å². The zero-order chi connectivity index (χ0) is 18.5. The lowest BCUT2D eigenvalue weighted by Gasteiger charge is -2.31. The fourth-order valence-electron chi connectivity index (χ4n) is 3.38. The first-order chi connectivity index (χ1) is 12.5. The van der Waals surface area contributed by atoms with E-state index < -0.39 is 0 Å². The molecule has 3 rings (SSSR count). The molecule has 2 heterocycles. The molecule has 0 bridgehead atoms. The molecule has 6 nitrogen and oxygen atoms in total. The third-order valence-electron chi connectivity index (χ3n) is 4.77. The number of nitrogens with zero attached hydrogens (tertiary/aromatic N) is 5. The molecule has 1 saturated heterocycles. The number of aromatic nitrogens is 3. The van der Waals surface area contributed by atoms with Crippen molar-refractivity contribution in [3.8, 4) is 0 Å². The summed E-state index contributed by atoms with van der Waals surface area (Å²) in [5.41, 5.74) is 1.04. The van der Waals surface area contributed by atoms with Crippen molar-refractivity contribution in [3.05, 3.63) is 53.6 Å². The highest BCUT2D eigenvalue weighted by atomic mass is 16.2. The first-order valence-corrected chi connectivity index (χ1v) is 9.09. The van der Waals surface area contributed by atoms with Crippen molar-refractivity contribution >= 4 is 12.0 Å². The summed E-state index contributed by atoms with van der Waals surface area (Å²) in [6.45, 7) is 2.27. The molecule has 26 heavy (non-hydrogen) atoms. The van der Waals surface area contributed by atoms with E-state index in [0.29, 0.717) is 6.54 Å². The average Bonchev–Trinajstić information content (AvgIpc) is 3.00. The van der Waals surface area contributed by atoms with Gasteiger partial charge in [0, 0.05) is 32.1 Å². The Balaban J connectivity index is 1.66. The van der Waals surface area contributed by atoms with Gasteiger partial charge in [-0.2, -0.15) is 0 Å². The van der Waals surface area contributed by atoms with Gasteiger partial charge in [0.05, 0.1) is 6.54 Å². The lowest BCUT2D eigenvalue weighted by molar-refractivity contribution is -0.127. The van der Waals surface area contributed by atoms with Crippen LogP contribution in [0.25, 0.3) is 6.08 Å². The molecule has 1 aromatic carbocycles. The molecule has 1 aromatic heterocycles. The number of carbonyl (C=O) groups excluding carboxylic acids is 1. The molecule has 0 N–H and O–H groups in total. The smallest absolute Gasteiger partial charge is 0.246 e. The monoisotopic (exact) mass is 353 g/mol. The molecule has 0 saturated carbocycles. The average molecular weight is 353 g/mol. The first kappa shape index (κ1) is 18.3. The molecule has 1 amide bonds. The summed E-state index contributed by atoms with van der Waals surface area (Å²) in [5, 5.41) is 8.74. The third kappa shape index (κ3) is 4.38. The highest BCUT2D eigenvalue weighted by molar-refractivity contribution is 5.91. The predicted octanol–water partition coefficient (Wildman–Crippen LogP) is 2.30. The van der Waals surface area contributed by atoms with Crippen LogP contribution in [-0.2, 0) is 18.4 Å². The van der Waals surface area contributed by atoms with Crippen molar-refractivity contribution < 1.29 is 4.79 Å². The molecule has 0 unspecified atom stereocenters. The summed E-state index contributed by atoms with van der Waals surface area (Å²) in [4.78, 5) is 16.6. The minimum atomic E-state index is 0.0641.